The van der Waals surface area contributed by atoms with E-state index in [1.54, 1.807) is 24.3 Å². The summed E-state index contributed by atoms with van der Waals surface area (Å²) >= 11 is 0. The third-order valence-corrected chi connectivity index (χ3v) is 3.85. The molecule has 1 aliphatic carbocycles. The number of amides is 1. The molecule has 2 rings (SSSR count). The molecular weight excluding hydrogens is 256 g/mol. The molecule has 1 aliphatic rings. The molecule has 0 aromatic heterocycles. The number of carboxylic acid groups (broad SMARTS) is 1. The summed E-state index contributed by atoms with van der Waals surface area (Å²) in [5.74, 6) is -1.55. The number of carbonyl (C=O) groups excluding carboxylic acids is 1. The van der Waals surface area contributed by atoms with E-state index in [1.807, 2.05) is 0 Å². The molecule has 0 saturated heterocycles. The summed E-state index contributed by atoms with van der Waals surface area (Å²) in [7, 11) is 0. The zero-order valence-electron chi connectivity index (χ0n) is 11.3. The molecule has 4 N–H and O–H groups in total. The summed E-state index contributed by atoms with van der Waals surface area (Å²) in [6.07, 6.45) is 4.67. The molecule has 108 valence electrons. The molecule has 2 unspecified atom stereocenters. The van der Waals surface area contributed by atoms with Crippen LogP contribution in [0.1, 0.15) is 42.5 Å². The number of hydrogen-bond acceptors (Lipinski definition) is 3. The predicted octanol–water partition coefficient (Wildman–Crippen LogP) is 2.23. The molecule has 0 aliphatic heterocycles. The van der Waals surface area contributed by atoms with Gasteiger partial charge in [-0.1, -0.05) is 19.3 Å². The third kappa shape index (κ3) is 3.50. The van der Waals surface area contributed by atoms with Gasteiger partial charge in [0, 0.05) is 17.3 Å². The molecule has 1 saturated carbocycles. The van der Waals surface area contributed by atoms with E-state index in [4.69, 9.17) is 5.73 Å². The average Bonchev–Trinajstić information content (AvgIpc) is 2.65. The topological polar surface area (TPSA) is 92.4 Å². The minimum Gasteiger partial charge on any atom is -0.481 e. The van der Waals surface area contributed by atoms with Gasteiger partial charge in [-0.05, 0) is 37.1 Å². The fourth-order valence-electron chi connectivity index (χ4n) is 2.72. The standard InChI is InChI=1S/C15H20N2O3/c16-14(18)10-6-8-11(9-7-10)17-13-5-3-1-2-4-12(13)15(19)20/h6-9,12-13,17H,1-5H2,(H2,16,18)(H,19,20). The van der Waals surface area contributed by atoms with E-state index in [0.29, 0.717) is 12.0 Å². The molecule has 1 amide bonds. The first kappa shape index (κ1) is 14.4. The van der Waals surface area contributed by atoms with Gasteiger partial charge in [0.05, 0.1) is 5.92 Å². The van der Waals surface area contributed by atoms with Crippen molar-refractivity contribution >= 4 is 17.6 Å². The monoisotopic (exact) mass is 276 g/mol. The summed E-state index contributed by atoms with van der Waals surface area (Å²) in [4.78, 5) is 22.4. The van der Waals surface area contributed by atoms with Crippen LogP contribution < -0.4 is 11.1 Å². The number of rotatable bonds is 4. The smallest absolute Gasteiger partial charge is 0.308 e. The van der Waals surface area contributed by atoms with Gasteiger partial charge in [0.1, 0.15) is 0 Å². The van der Waals surface area contributed by atoms with Crippen molar-refractivity contribution in [1.82, 2.24) is 0 Å². The molecule has 0 spiro atoms. The Morgan fingerprint density at radius 3 is 2.35 bits per heavy atom. The van der Waals surface area contributed by atoms with Gasteiger partial charge in [0.2, 0.25) is 5.91 Å². The lowest BCUT2D eigenvalue weighted by atomic mass is 9.94. The number of anilines is 1. The molecular formula is C15H20N2O3. The molecule has 5 nitrogen and oxygen atoms in total. The molecule has 5 heteroatoms. The van der Waals surface area contributed by atoms with Crippen LogP contribution in [0.25, 0.3) is 0 Å². The van der Waals surface area contributed by atoms with Crippen molar-refractivity contribution in [2.45, 2.75) is 38.1 Å². The first-order chi connectivity index (χ1) is 9.58. The van der Waals surface area contributed by atoms with Gasteiger partial charge in [0.15, 0.2) is 0 Å². The first-order valence-electron chi connectivity index (χ1n) is 6.97. The van der Waals surface area contributed by atoms with Gasteiger partial charge in [-0.25, -0.2) is 0 Å². The number of benzene rings is 1. The van der Waals surface area contributed by atoms with Crippen LogP contribution in [0.15, 0.2) is 24.3 Å². The van der Waals surface area contributed by atoms with Crippen molar-refractivity contribution in [3.05, 3.63) is 29.8 Å². The zero-order valence-corrected chi connectivity index (χ0v) is 11.3. The maximum atomic E-state index is 11.3. The third-order valence-electron chi connectivity index (χ3n) is 3.85. The van der Waals surface area contributed by atoms with Gasteiger partial charge in [0.25, 0.3) is 0 Å². The number of hydrogen-bond donors (Lipinski definition) is 3. The highest BCUT2D eigenvalue weighted by Gasteiger charge is 2.29. The quantitative estimate of drug-likeness (QED) is 0.735. The Hall–Kier alpha value is -2.04. The summed E-state index contributed by atoms with van der Waals surface area (Å²) in [6.45, 7) is 0. The van der Waals surface area contributed by atoms with Crippen LogP contribution in [-0.2, 0) is 4.79 Å². The molecule has 0 radical (unpaired) electrons. The molecule has 1 aromatic rings. The van der Waals surface area contributed by atoms with Crippen LogP contribution in [0.5, 0.6) is 0 Å². The van der Waals surface area contributed by atoms with Crippen LogP contribution in [0, 0.1) is 5.92 Å². The second-order valence-corrected chi connectivity index (χ2v) is 5.28. The van der Waals surface area contributed by atoms with Crippen molar-refractivity contribution < 1.29 is 14.7 Å². The Labute approximate surface area is 118 Å². The molecule has 1 aromatic carbocycles. The van der Waals surface area contributed by atoms with Gasteiger partial charge in [-0.15, -0.1) is 0 Å². The van der Waals surface area contributed by atoms with E-state index in [9.17, 15) is 14.7 Å². The van der Waals surface area contributed by atoms with Crippen LogP contribution in [0.2, 0.25) is 0 Å². The van der Waals surface area contributed by atoms with Crippen molar-refractivity contribution in [3.8, 4) is 0 Å². The van der Waals surface area contributed by atoms with Crippen molar-refractivity contribution in [1.29, 1.82) is 0 Å². The predicted molar refractivity (Wildman–Crippen MR) is 76.6 cm³/mol. The minimum absolute atomic E-state index is 0.0607. The Bertz CT molecular complexity index is 484. The first-order valence-corrected chi connectivity index (χ1v) is 6.97. The average molecular weight is 276 g/mol. The second kappa shape index (κ2) is 6.41. The van der Waals surface area contributed by atoms with Gasteiger partial charge < -0.3 is 16.2 Å². The van der Waals surface area contributed by atoms with Crippen molar-refractivity contribution in [2.24, 2.45) is 11.7 Å². The minimum atomic E-state index is -0.738. The highest BCUT2D eigenvalue weighted by atomic mass is 16.4. The summed E-state index contributed by atoms with van der Waals surface area (Å²) < 4.78 is 0. The zero-order chi connectivity index (χ0) is 14.5. The van der Waals surface area contributed by atoms with Crippen LogP contribution in [0.3, 0.4) is 0 Å². The van der Waals surface area contributed by atoms with E-state index in [0.717, 1.165) is 31.4 Å². The Morgan fingerprint density at radius 2 is 1.75 bits per heavy atom. The molecule has 2 atom stereocenters. The second-order valence-electron chi connectivity index (χ2n) is 5.28. The lowest BCUT2D eigenvalue weighted by Crippen LogP contribution is -2.33. The maximum Gasteiger partial charge on any atom is 0.308 e. The molecule has 20 heavy (non-hydrogen) atoms. The van der Waals surface area contributed by atoms with E-state index in [1.165, 1.54) is 0 Å². The normalized spacial score (nSPS) is 22.8. The highest BCUT2D eigenvalue weighted by molar-refractivity contribution is 5.93. The van der Waals surface area contributed by atoms with Crippen LogP contribution in [0.4, 0.5) is 5.69 Å². The Balaban J connectivity index is 2.09. The van der Waals surface area contributed by atoms with Crippen LogP contribution >= 0.6 is 0 Å². The van der Waals surface area contributed by atoms with E-state index in [2.05, 4.69) is 5.32 Å². The van der Waals surface area contributed by atoms with E-state index < -0.39 is 11.9 Å². The fourth-order valence-corrected chi connectivity index (χ4v) is 2.72. The number of nitrogens with one attached hydrogen (secondary N) is 1. The largest absolute Gasteiger partial charge is 0.481 e. The molecule has 0 bridgehead atoms. The summed E-state index contributed by atoms with van der Waals surface area (Å²) in [5.41, 5.74) is 6.47. The Kier molecular flexibility index (Phi) is 4.61. The number of primary amides is 1. The summed E-state index contributed by atoms with van der Waals surface area (Å²) in [5, 5.41) is 12.6. The SMILES string of the molecule is NC(=O)c1ccc(NC2CCCCCC2C(=O)O)cc1. The van der Waals surface area contributed by atoms with Crippen LogP contribution in [-0.4, -0.2) is 23.0 Å². The number of aliphatic carboxylic acids is 1. The molecule has 1 fully saturated rings. The van der Waals surface area contributed by atoms with Crippen molar-refractivity contribution in [3.63, 3.8) is 0 Å². The number of carboxylic acids is 1. The van der Waals surface area contributed by atoms with E-state index in [-0.39, 0.29) is 12.0 Å². The number of nitrogens with two attached hydrogens (primary N) is 1. The van der Waals surface area contributed by atoms with Crippen molar-refractivity contribution in [2.75, 3.05) is 5.32 Å². The van der Waals surface area contributed by atoms with Gasteiger partial charge in [-0.3, -0.25) is 9.59 Å². The number of carbonyl (C=O) groups is 2. The summed E-state index contributed by atoms with van der Waals surface area (Å²) in [6, 6.07) is 6.77. The lowest BCUT2D eigenvalue weighted by molar-refractivity contribution is -0.142. The lowest BCUT2D eigenvalue weighted by Gasteiger charge is -2.24. The highest BCUT2D eigenvalue weighted by Crippen LogP contribution is 2.26. The fraction of sp³-hybridized carbons (Fsp3) is 0.467. The Morgan fingerprint density at radius 1 is 1.10 bits per heavy atom. The van der Waals surface area contributed by atoms with Gasteiger partial charge in [-0.2, -0.15) is 0 Å². The maximum absolute atomic E-state index is 11.3. The molecule has 0 heterocycles. The van der Waals surface area contributed by atoms with E-state index >= 15 is 0 Å². The van der Waals surface area contributed by atoms with Gasteiger partial charge >= 0.3 is 5.97 Å².